The average molecular weight is 252 g/mol. The number of rotatable bonds is 7. The van der Waals surface area contributed by atoms with E-state index >= 15 is 0 Å². The summed E-state index contributed by atoms with van der Waals surface area (Å²) in [6.07, 6.45) is 1.01. The molecule has 1 amide bonds. The molecule has 0 fully saturated rings. The zero-order valence-corrected chi connectivity index (χ0v) is 11.1. The van der Waals surface area contributed by atoms with Crippen molar-refractivity contribution in [1.29, 1.82) is 0 Å². The van der Waals surface area contributed by atoms with Gasteiger partial charge in [-0.1, -0.05) is 6.07 Å². The number of hydrogen-bond donors (Lipinski definition) is 1. The molecule has 1 heterocycles. The van der Waals surface area contributed by atoms with Crippen LogP contribution in [0.3, 0.4) is 0 Å². The quantitative estimate of drug-likeness (QED) is 0.749. The van der Waals surface area contributed by atoms with E-state index in [0.717, 1.165) is 6.42 Å². The Morgan fingerprint density at radius 1 is 1.44 bits per heavy atom. The summed E-state index contributed by atoms with van der Waals surface area (Å²) in [6, 6.07) is 5.10. The first kappa shape index (κ1) is 14.4. The molecule has 0 aromatic carbocycles. The van der Waals surface area contributed by atoms with Crippen LogP contribution in [0.1, 0.15) is 30.8 Å². The lowest BCUT2D eigenvalue weighted by Gasteiger charge is -2.08. The molecule has 1 rings (SSSR count). The van der Waals surface area contributed by atoms with Gasteiger partial charge in [0.1, 0.15) is 5.69 Å². The van der Waals surface area contributed by atoms with E-state index in [1.165, 1.54) is 7.11 Å². The summed E-state index contributed by atoms with van der Waals surface area (Å²) in [5.41, 5.74) is 0.360. The van der Waals surface area contributed by atoms with Gasteiger partial charge in [0.05, 0.1) is 13.2 Å². The maximum Gasteiger partial charge on any atom is 0.270 e. The number of nitrogens with one attached hydrogen (secondary N) is 1. The van der Waals surface area contributed by atoms with Gasteiger partial charge in [0, 0.05) is 19.2 Å². The highest BCUT2D eigenvalue weighted by Gasteiger charge is 2.07. The zero-order valence-electron chi connectivity index (χ0n) is 11.1. The molecular weight excluding hydrogens is 232 g/mol. The molecule has 5 heteroatoms. The van der Waals surface area contributed by atoms with Crippen LogP contribution >= 0.6 is 0 Å². The molecule has 5 nitrogen and oxygen atoms in total. The highest BCUT2D eigenvalue weighted by Crippen LogP contribution is 2.06. The predicted molar refractivity (Wildman–Crippen MR) is 68.8 cm³/mol. The first-order valence-electron chi connectivity index (χ1n) is 6.04. The molecule has 0 radical (unpaired) electrons. The van der Waals surface area contributed by atoms with E-state index < -0.39 is 0 Å². The first-order valence-corrected chi connectivity index (χ1v) is 6.04. The molecule has 18 heavy (non-hydrogen) atoms. The molecule has 0 aliphatic heterocycles. The minimum absolute atomic E-state index is 0.196. The maximum absolute atomic E-state index is 11.7. The Balaban J connectivity index is 2.31. The summed E-state index contributed by atoms with van der Waals surface area (Å²) in [5.74, 6) is 0.240. The van der Waals surface area contributed by atoms with Crippen molar-refractivity contribution in [3.63, 3.8) is 0 Å². The van der Waals surface area contributed by atoms with Crippen LogP contribution in [0.5, 0.6) is 5.88 Å². The van der Waals surface area contributed by atoms with E-state index in [1.807, 2.05) is 13.8 Å². The molecule has 0 unspecified atom stereocenters. The van der Waals surface area contributed by atoms with Gasteiger partial charge in [0.2, 0.25) is 5.88 Å². The number of amides is 1. The maximum atomic E-state index is 11.7. The molecule has 100 valence electrons. The number of pyridine rings is 1. The summed E-state index contributed by atoms with van der Waals surface area (Å²) < 4.78 is 10.3. The van der Waals surface area contributed by atoms with Gasteiger partial charge in [-0.05, 0) is 26.3 Å². The number of aromatic nitrogens is 1. The van der Waals surface area contributed by atoms with Crippen LogP contribution in [0.2, 0.25) is 0 Å². The van der Waals surface area contributed by atoms with Gasteiger partial charge in [-0.25, -0.2) is 4.98 Å². The van der Waals surface area contributed by atoms with Crippen molar-refractivity contribution in [1.82, 2.24) is 10.3 Å². The molecule has 0 atom stereocenters. The number of carbonyl (C=O) groups is 1. The van der Waals surface area contributed by atoms with Gasteiger partial charge >= 0.3 is 0 Å². The Bertz CT molecular complexity index is 380. The average Bonchev–Trinajstić information content (AvgIpc) is 2.37. The minimum Gasteiger partial charge on any atom is -0.481 e. The van der Waals surface area contributed by atoms with Crippen LogP contribution in [0, 0.1) is 0 Å². The van der Waals surface area contributed by atoms with Gasteiger partial charge in [-0.15, -0.1) is 0 Å². The predicted octanol–water partition coefficient (Wildman–Crippen LogP) is 1.64. The van der Waals surface area contributed by atoms with Gasteiger partial charge in [-0.2, -0.15) is 0 Å². The number of ether oxygens (including phenoxy) is 2. The third kappa shape index (κ3) is 5.14. The second-order valence-corrected chi connectivity index (χ2v) is 4.09. The zero-order chi connectivity index (χ0) is 13.4. The van der Waals surface area contributed by atoms with E-state index in [1.54, 1.807) is 18.2 Å². The van der Waals surface area contributed by atoms with E-state index in [9.17, 15) is 4.79 Å². The highest BCUT2D eigenvalue weighted by atomic mass is 16.5. The lowest BCUT2D eigenvalue weighted by molar-refractivity contribution is 0.0756. The molecule has 0 saturated carbocycles. The SMILES string of the molecule is COc1cccc(C(=O)NCCCOC(C)C)n1. The first-order chi connectivity index (χ1) is 8.63. The van der Waals surface area contributed by atoms with Crippen LogP contribution in [-0.2, 0) is 4.74 Å². The van der Waals surface area contributed by atoms with E-state index in [-0.39, 0.29) is 12.0 Å². The third-order valence-electron chi connectivity index (χ3n) is 2.22. The van der Waals surface area contributed by atoms with Crippen LogP contribution < -0.4 is 10.1 Å². The highest BCUT2D eigenvalue weighted by molar-refractivity contribution is 5.92. The lowest BCUT2D eigenvalue weighted by atomic mass is 10.3. The van der Waals surface area contributed by atoms with Crippen molar-refractivity contribution in [2.24, 2.45) is 0 Å². The van der Waals surface area contributed by atoms with E-state index in [0.29, 0.717) is 24.7 Å². The summed E-state index contributed by atoms with van der Waals surface area (Å²) in [6.45, 7) is 5.19. The third-order valence-corrected chi connectivity index (χ3v) is 2.22. The van der Waals surface area contributed by atoms with Crippen LogP contribution in [0.4, 0.5) is 0 Å². The Kier molecular flexibility index (Phi) is 6.14. The Hall–Kier alpha value is -1.62. The van der Waals surface area contributed by atoms with E-state index in [4.69, 9.17) is 9.47 Å². The summed E-state index contributed by atoms with van der Waals surface area (Å²) >= 11 is 0. The molecule has 0 bridgehead atoms. The molecule has 1 aromatic heterocycles. The van der Waals surface area contributed by atoms with Crippen molar-refractivity contribution in [2.75, 3.05) is 20.3 Å². The standard InChI is InChI=1S/C13H20N2O3/c1-10(2)18-9-5-8-14-13(16)11-6-4-7-12(15-11)17-3/h4,6-7,10H,5,8-9H2,1-3H3,(H,14,16). The van der Waals surface area contributed by atoms with E-state index in [2.05, 4.69) is 10.3 Å². The lowest BCUT2D eigenvalue weighted by Crippen LogP contribution is -2.26. The van der Waals surface area contributed by atoms with Gasteiger partial charge in [0.25, 0.3) is 5.91 Å². The second kappa shape index (κ2) is 7.66. The number of methoxy groups -OCH3 is 1. The fraction of sp³-hybridized carbons (Fsp3) is 0.538. The van der Waals surface area contributed by atoms with Crippen LogP contribution in [0.15, 0.2) is 18.2 Å². The number of carbonyl (C=O) groups excluding carboxylic acids is 1. The summed E-state index contributed by atoms with van der Waals surface area (Å²) in [4.78, 5) is 15.8. The Labute approximate surface area is 108 Å². The van der Waals surface area contributed by atoms with Crippen molar-refractivity contribution < 1.29 is 14.3 Å². The smallest absolute Gasteiger partial charge is 0.270 e. The molecular formula is C13H20N2O3. The van der Waals surface area contributed by atoms with Gasteiger partial charge in [0.15, 0.2) is 0 Å². The monoisotopic (exact) mass is 252 g/mol. The topological polar surface area (TPSA) is 60.5 Å². The van der Waals surface area contributed by atoms with Crippen LogP contribution in [0.25, 0.3) is 0 Å². The van der Waals surface area contributed by atoms with Crippen molar-refractivity contribution >= 4 is 5.91 Å². The van der Waals surface area contributed by atoms with Gasteiger partial charge in [-0.3, -0.25) is 4.79 Å². The van der Waals surface area contributed by atoms with Crippen molar-refractivity contribution in [3.8, 4) is 5.88 Å². The normalized spacial score (nSPS) is 10.4. The van der Waals surface area contributed by atoms with Crippen molar-refractivity contribution in [3.05, 3.63) is 23.9 Å². The fourth-order valence-electron chi connectivity index (χ4n) is 1.34. The summed E-state index contributed by atoms with van der Waals surface area (Å²) in [5, 5.41) is 2.79. The molecule has 1 N–H and O–H groups in total. The molecule has 0 aliphatic rings. The molecule has 1 aromatic rings. The fourth-order valence-corrected chi connectivity index (χ4v) is 1.34. The Morgan fingerprint density at radius 3 is 2.89 bits per heavy atom. The number of nitrogens with zero attached hydrogens (tertiary/aromatic N) is 1. The second-order valence-electron chi connectivity index (χ2n) is 4.09. The number of hydrogen-bond acceptors (Lipinski definition) is 4. The summed E-state index contributed by atoms with van der Waals surface area (Å²) in [7, 11) is 1.52. The Morgan fingerprint density at radius 2 is 2.22 bits per heavy atom. The van der Waals surface area contributed by atoms with Gasteiger partial charge < -0.3 is 14.8 Å². The van der Waals surface area contributed by atoms with Crippen LogP contribution in [-0.4, -0.2) is 37.3 Å². The molecule has 0 saturated heterocycles. The molecule has 0 aliphatic carbocycles. The van der Waals surface area contributed by atoms with Crippen molar-refractivity contribution in [2.45, 2.75) is 26.4 Å². The minimum atomic E-state index is -0.196. The molecule has 0 spiro atoms. The largest absolute Gasteiger partial charge is 0.481 e.